The topological polar surface area (TPSA) is 57.6 Å². The highest BCUT2D eigenvalue weighted by Crippen LogP contribution is 2.20. The largest absolute Gasteiger partial charge is 0.478 e. The fourth-order valence-electron chi connectivity index (χ4n) is 1.97. The van der Waals surface area contributed by atoms with E-state index in [1.165, 1.54) is 11.0 Å². The van der Waals surface area contributed by atoms with Crippen molar-refractivity contribution < 1.29 is 14.7 Å². The molecule has 4 heteroatoms. The fraction of sp³-hybridized carbons (Fsp3) is 0.125. The van der Waals surface area contributed by atoms with Crippen molar-refractivity contribution in [1.29, 1.82) is 0 Å². The Kier molecular flexibility index (Phi) is 4.15. The molecule has 0 heterocycles. The molecule has 20 heavy (non-hydrogen) atoms. The third-order valence-corrected chi connectivity index (χ3v) is 3.07. The normalized spacial score (nSPS) is 10.1. The van der Waals surface area contributed by atoms with Gasteiger partial charge in [-0.3, -0.25) is 4.79 Å². The van der Waals surface area contributed by atoms with E-state index < -0.39 is 5.97 Å². The molecule has 1 N–H and O–H groups in total. The van der Waals surface area contributed by atoms with Gasteiger partial charge in [-0.2, -0.15) is 0 Å². The lowest BCUT2D eigenvalue weighted by Gasteiger charge is -2.19. The molecule has 0 aliphatic carbocycles. The molecule has 1 amide bonds. The highest BCUT2D eigenvalue weighted by atomic mass is 16.4. The van der Waals surface area contributed by atoms with Gasteiger partial charge in [0.2, 0.25) is 5.91 Å². The molecule has 0 spiro atoms. The summed E-state index contributed by atoms with van der Waals surface area (Å²) in [5, 5.41) is 9.15. The average Bonchev–Trinajstić information content (AvgIpc) is 2.47. The second-order valence-corrected chi connectivity index (χ2v) is 4.44. The molecule has 0 fully saturated rings. The van der Waals surface area contributed by atoms with Crippen molar-refractivity contribution in [1.82, 2.24) is 0 Å². The Morgan fingerprint density at radius 3 is 2.25 bits per heavy atom. The van der Waals surface area contributed by atoms with Crippen LogP contribution in [0.5, 0.6) is 0 Å². The van der Waals surface area contributed by atoms with Gasteiger partial charge in [-0.15, -0.1) is 0 Å². The summed E-state index contributed by atoms with van der Waals surface area (Å²) in [4.78, 5) is 24.8. The Morgan fingerprint density at radius 2 is 1.60 bits per heavy atom. The van der Waals surface area contributed by atoms with E-state index in [1.807, 2.05) is 30.3 Å². The average molecular weight is 269 g/mol. The number of aromatic carboxylic acids is 1. The Bertz CT molecular complexity index is 623. The van der Waals surface area contributed by atoms with Gasteiger partial charge in [0.05, 0.1) is 17.7 Å². The van der Waals surface area contributed by atoms with Gasteiger partial charge in [0, 0.05) is 7.05 Å². The van der Waals surface area contributed by atoms with E-state index in [9.17, 15) is 9.59 Å². The predicted octanol–water partition coefficient (Wildman–Crippen LogP) is 2.59. The molecule has 2 aromatic rings. The number of nitrogens with zero attached hydrogens (tertiary/aromatic N) is 1. The highest BCUT2D eigenvalue weighted by Gasteiger charge is 2.17. The lowest BCUT2D eigenvalue weighted by atomic mass is 10.1. The minimum atomic E-state index is -1.04. The number of hydrogen-bond donors (Lipinski definition) is 1. The molecule has 0 aromatic heterocycles. The van der Waals surface area contributed by atoms with Crippen LogP contribution in [0.25, 0.3) is 0 Å². The summed E-state index contributed by atoms with van der Waals surface area (Å²) < 4.78 is 0. The number of anilines is 1. The second-order valence-electron chi connectivity index (χ2n) is 4.44. The van der Waals surface area contributed by atoms with Crippen molar-refractivity contribution in [2.24, 2.45) is 0 Å². The van der Waals surface area contributed by atoms with Crippen LogP contribution in [-0.2, 0) is 11.2 Å². The van der Waals surface area contributed by atoms with E-state index >= 15 is 0 Å². The number of carboxylic acid groups (broad SMARTS) is 1. The molecule has 0 unspecified atom stereocenters. The molecule has 0 aliphatic heterocycles. The van der Waals surface area contributed by atoms with E-state index in [2.05, 4.69) is 0 Å². The predicted molar refractivity (Wildman–Crippen MR) is 77.0 cm³/mol. The van der Waals surface area contributed by atoms with Crippen LogP contribution in [0, 0.1) is 0 Å². The van der Waals surface area contributed by atoms with Crippen LogP contribution in [0.15, 0.2) is 54.6 Å². The quantitative estimate of drug-likeness (QED) is 0.928. The van der Waals surface area contributed by atoms with E-state index in [4.69, 9.17) is 5.11 Å². The van der Waals surface area contributed by atoms with E-state index in [0.29, 0.717) is 5.69 Å². The molecular weight excluding hydrogens is 254 g/mol. The van der Waals surface area contributed by atoms with Crippen LogP contribution < -0.4 is 4.90 Å². The molecule has 0 saturated heterocycles. The van der Waals surface area contributed by atoms with Gasteiger partial charge in [0.25, 0.3) is 0 Å². The lowest BCUT2D eigenvalue weighted by molar-refractivity contribution is -0.117. The fourth-order valence-corrected chi connectivity index (χ4v) is 1.97. The maximum atomic E-state index is 12.2. The van der Waals surface area contributed by atoms with Crippen molar-refractivity contribution in [3.05, 3.63) is 65.7 Å². The van der Waals surface area contributed by atoms with Crippen LogP contribution in [0.3, 0.4) is 0 Å². The number of amides is 1. The van der Waals surface area contributed by atoms with Gasteiger partial charge in [-0.05, 0) is 17.7 Å². The zero-order valence-electron chi connectivity index (χ0n) is 11.1. The third-order valence-electron chi connectivity index (χ3n) is 3.07. The highest BCUT2D eigenvalue weighted by molar-refractivity contribution is 6.02. The molecule has 0 bridgehead atoms. The number of carbonyl (C=O) groups is 2. The zero-order chi connectivity index (χ0) is 14.5. The number of benzene rings is 2. The summed E-state index contributed by atoms with van der Waals surface area (Å²) in [5.41, 5.74) is 1.43. The Labute approximate surface area is 117 Å². The SMILES string of the molecule is CN(C(=O)Cc1ccccc1)c1ccccc1C(=O)O. The first-order valence-corrected chi connectivity index (χ1v) is 6.22. The third kappa shape index (κ3) is 3.03. The van der Waals surface area contributed by atoms with Gasteiger partial charge in [0.1, 0.15) is 0 Å². The van der Waals surface area contributed by atoms with Crippen LogP contribution in [0.4, 0.5) is 5.69 Å². The summed E-state index contributed by atoms with van der Waals surface area (Å²) in [6.07, 6.45) is 0.241. The van der Waals surface area contributed by atoms with Gasteiger partial charge in [-0.25, -0.2) is 4.79 Å². The molecule has 102 valence electrons. The first-order valence-electron chi connectivity index (χ1n) is 6.22. The van der Waals surface area contributed by atoms with E-state index in [-0.39, 0.29) is 17.9 Å². The molecule has 2 rings (SSSR count). The minimum Gasteiger partial charge on any atom is -0.478 e. The van der Waals surface area contributed by atoms with Gasteiger partial charge >= 0.3 is 5.97 Å². The molecule has 4 nitrogen and oxygen atoms in total. The van der Waals surface area contributed by atoms with Crippen molar-refractivity contribution in [3.8, 4) is 0 Å². The summed E-state index contributed by atoms with van der Waals surface area (Å²) in [6, 6.07) is 15.8. The van der Waals surface area contributed by atoms with Crippen LogP contribution >= 0.6 is 0 Å². The summed E-state index contributed by atoms with van der Waals surface area (Å²) in [7, 11) is 1.59. The van der Waals surface area contributed by atoms with Crippen molar-refractivity contribution in [2.45, 2.75) is 6.42 Å². The minimum absolute atomic E-state index is 0.122. The van der Waals surface area contributed by atoms with E-state index in [1.54, 1.807) is 25.2 Å². The van der Waals surface area contributed by atoms with Crippen LogP contribution in [-0.4, -0.2) is 24.0 Å². The zero-order valence-corrected chi connectivity index (χ0v) is 11.1. The molecule has 0 radical (unpaired) electrons. The maximum Gasteiger partial charge on any atom is 0.337 e. The van der Waals surface area contributed by atoms with Crippen LogP contribution in [0.1, 0.15) is 15.9 Å². The number of likely N-dealkylation sites (N-methyl/N-ethyl adjacent to an activating group) is 1. The van der Waals surface area contributed by atoms with Gasteiger partial charge in [-0.1, -0.05) is 42.5 Å². The first kappa shape index (κ1) is 13.8. The molecule has 0 aliphatic rings. The number of hydrogen-bond acceptors (Lipinski definition) is 2. The molecule has 0 atom stereocenters. The molecule has 0 saturated carbocycles. The standard InChI is InChI=1S/C16H15NO3/c1-17(14-10-6-5-9-13(14)16(19)20)15(18)11-12-7-3-2-4-8-12/h2-10H,11H2,1H3,(H,19,20). The maximum absolute atomic E-state index is 12.2. The Hall–Kier alpha value is -2.62. The molecule has 2 aromatic carbocycles. The van der Waals surface area contributed by atoms with E-state index in [0.717, 1.165) is 5.56 Å². The Morgan fingerprint density at radius 1 is 1.00 bits per heavy atom. The number of para-hydroxylation sites is 1. The number of carbonyl (C=O) groups excluding carboxylic acids is 1. The number of carboxylic acids is 1. The summed E-state index contributed by atoms with van der Waals surface area (Å²) in [5.74, 6) is -1.19. The van der Waals surface area contributed by atoms with Gasteiger partial charge in [0.15, 0.2) is 0 Å². The summed E-state index contributed by atoms with van der Waals surface area (Å²) >= 11 is 0. The lowest BCUT2D eigenvalue weighted by Crippen LogP contribution is -2.29. The summed E-state index contributed by atoms with van der Waals surface area (Å²) in [6.45, 7) is 0. The Balaban J connectivity index is 2.21. The van der Waals surface area contributed by atoms with Crippen molar-refractivity contribution in [3.63, 3.8) is 0 Å². The van der Waals surface area contributed by atoms with Crippen LogP contribution in [0.2, 0.25) is 0 Å². The number of rotatable bonds is 4. The molecular formula is C16H15NO3. The van der Waals surface area contributed by atoms with Crippen molar-refractivity contribution >= 4 is 17.6 Å². The van der Waals surface area contributed by atoms with Crippen molar-refractivity contribution in [2.75, 3.05) is 11.9 Å². The second kappa shape index (κ2) is 6.02. The smallest absolute Gasteiger partial charge is 0.337 e. The monoisotopic (exact) mass is 269 g/mol. The van der Waals surface area contributed by atoms with Gasteiger partial charge < -0.3 is 10.0 Å². The first-order chi connectivity index (χ1) is 9.59.